The average molecular weight is 308 g/mol. The second-order valence-corrected chi connectivity index (χ2v) is 6.44. The van der Waals surface area contributed by atoms with Crippen molar-refractivity contribution in [1.82, 2.24) is 15.1 Å². The lowest BCUT2D eigenvalue weighted by Gasteiger charge is -2.30. The van der Waals surface area contributed by atoms with Gasteiger partial charge in [-0.25, -0.2) is 4.79 Å². The first-order valence-corrected chi connectivity index (χ1v) is 7.83. The molecule has 0 aromatic heterocycles. The number of piperazine rings is 1. The molecule has 1 atom stereocenters. The molecule has 3 rings (SSSR count). The SMILES string of the molecule is CC(C)(C#Cc1ccc(C#N)cc1)N1CC2CNCCN2C1=O. The molecule has 1 unspecified atom stereocenters. The maximum Gasteiger partial charge on any atom is 0.321 e. The first-order chi connectivity index (χ1) is 11.0. The predicted molar refractivity (Wildman–Crippen MR) is 87.6 cm³/mol. The Morgan fingerprint density at radius 2 is 1.96 bits per heavy atom. The van der Waals surface area contributed by atoms with Crippen molar-refractivity contribution in [2.24, 2.45) is 0 Å². The van der Waals surface area contributed by atoms with Gasteiger partial charge in [0.05, 0.1) is 17.7 Å². The second-order valence-electron chi connectivity index (χ2n) is 6.44. The van der Waals surface area contributed by atoms with Gasteiger partial charge in [0.25, 0.3) is 0 Å². The van der Waals surface area contributed by atoms with Crippen LogP contribution < -0.4 is 5.32 Å². The van der Waals surface area contributed by atoms with Crippen LogP contribution in [0.25, 0.3) is 0 Å². The summed E-state index contributed by atoms with van der Waals surface area (Å²) in [5, 5.41) is 12.2. The first kappa shape index (κ1) is 15.4. The highest BCUT2D eigenvalue weighted by atomic mass is 16.2. The van der Waals surface area contributed by atoms with E-state index in [9.17, 15) is 4.79 Å². The predicted octanol–water partition coefficient (Wildman–Crippen LogP) is 1.40. The number of fused-ring (bicyclic) bond motifs is 1. The Labute approximate surface area is 136 Å². The minimum absolute atomic E-state index is 0.0793. The molecule has 0 saturated carbocycles. The van der Waals surface area contributed by atoms with E-state index in [1.807, 2.05) is 35.8 Å². The molecule has 2 aliphatic rings. The van der Waals surface area contributed by atoms with Gasteiger partial charge < -0.3 is 15.1 Å². The number of nitrogens with zero attached hydrogens (tertiary/aromatic N) is 3. The number of benzene rings is 1. The molecule has 0 bridgehead atoms. The van der Waals surface area contributed by atoms with Crippen LogP contribution in [0.15, 0.2) is 24.3 Å². The normalized spacial score (nSPS) is 20.6. The maximum atomic E-state index is 12.6. The fourth-order valence-electron chi connectivity index (χ4n) is 3.01. The van der Waals surface area contributed by atoms with E-state index in [0.29, 0.717) is 12.1 Å². The minimum Gasteiger partial charge on any atom is -0.317 e. The molecule has 2 fully saturated rings. The number of carbonyl (C=O) groups excluding carboxylic acids is 1. The smallest absolute Gasteiger partial charge is 0.317 e. The van der Waals surface area contributed by atoms with Crippen LogP contribution in [0.1, 0.15) is 25.0 Å². The zero-order chi connectivity index (χ0) is 16.4. The van der Waals surface area contributed by atoms with Gasteiger partial charge in [-0.2, -0.15) is 5.26 Å². The summed E-state index contributed by atoms with van der Waals surface area (Å²) in [4.78, 5) is 16.4. The van der Waals surface area contributed by atoms with E-state index < -0.39 is 5.54 Å². The van der Waals surface area contributed by atoms with Crippen molar-refractivity contribution in [2.45, 2.75) is 25.4 Å². The summed E-state index contributed by atoms with van der Waals surface area (Å²) < 4.78 is 0. The van der Waals surface area contributed by atoms with E-state index in [1.165, 1.54) is 0 Å². The summed E-state index contributed by atoms with van der Waals surface area (Å²) in [6.45, 7) is 7.13. The Balaban J connectivity index is 1.78. The fraction of sp³-hybridized carbons (Fsp3) is 0.444. The number of hydrogen-bond donors (Lipinski definition) is 1. The Morgan fingerprint density at radius 3 is 2.61 bits per heavy atom. The van der Waals surface area contributed by atoms with E-state index in [0.717, 1.165) is 25.2 Å². The number of hydrogen-bond acceptors (Lipinski definition) is 3. The van der Waals surface area contributed by atoms with Crippen molar-refractivity contribution < 1.29 is 4.79 Å². The molecule has 1 aromatic rings. The zero-order valence-corrected chi connectivity index (χ0v) is 13.5. The summed E-state index contributed by atoms with van der Waals surface area (Å²) >= 11 is 0. The molecule has 0 radical (unpaired) electrons. The van der Waals surface area contributed by atoms with Gasteiger partial charge >= 0.3 is 6.03 Å². The molecule has 0 aliphatic carbocycles. The van der Waals surface area contributed by atoms with Gasteiger partial charge in [0.15, 0.2) is 0 Å². The van der Waals surface area contributed by atoms with E-state index in [-0.39, 0.29) is 12.1 Å². The Hall–Kier alpha value is -2.50. The maximum absolute atomic E-state index is 12.6. The number of carbonyl (C=O) groups is 1. The van der Waals surface area contributed by atoms with Crippen LogP contribution in [0.2, 0.25) is 0 Å². The number of rotatable bonds is 1. The summed E-state index contributed by atoms with van der Waals surface area (Å²) in [6.07, 6.45) is 0. The molecule has 5 heteroatoms. The van der Waals surface area contributed by atoms with Gasteiger partial charge in [0.2, 0.25) is 0 Å². The van der Waals surface area contributed by atoms with Crippen LogP contribution in [0.3, 0.4) is 0 Å². The Morgan fingerprint density at radius 1 is 1.26 bits per heavy atom. The molecule has 2 heterocycles. The molecular weight excluding hydrogens is 288 g/mol. The molecule has 5 nitrogen and oxygen atoms in total. The minimum atomic E-state index is -0.525. The molecule has 0 spiro atoms. The molecule has 2 amide bonds. The molecule has 2 aliphatic heterocycles. The summed E-state index contributed by atoms with van der Waals surface area (Å²) in [5.74, 6) is 6.35. The van der Waals surface area contributed by atoms with E-state index in [2.05, 4.69) is 23.2 Å². The zero-order valence-electron chi connectivity index (χ0n) is 13.5. The summed E-state index contributed by atoms with van der Waals surface area (Å²) in [7, 11) is 0. The van der Waals surface area contributed by atoms with Crippen molar-refractivity contribution in [2.75, 3.05) is 26.2 Å². The number of urea groups is 1. The largest absolute Gasteiger partial charge is 0.321 e. The van der Waals surface area contributed by atoms with Gasteiger partial charge in [0.1, 0.15) is 5.54 Å². The topological polar surface area (TPSA) is 59.4 Å². The van der Waals surface area contributed by atoms with Crippen molar-refractivity contribution >= 4 is 6.03 Å². The monoisotopic (exact) mass is 308 g/mol. The molecule has 2 saturated heterocycles. The Kier molecular flexibility index (Phi) is 3.98. The van der Waals surface area contributed by atoms with Crippen LogP contribution in [0.5, 0.6) is 0 Å². The van der Waals surface area contributed by atoms with Crippen LogP contribution in [0, 0.1) is 23.2 Å². The van der Waals surface area contributed by atoms with Crippen LogP contribution in [-0.2, 0) is 0 Å². The third-order valence-electron chi connectivity index (χ3n) is 4.42. The van der Waals surface area contributed by atoms with Gasteiger partial charge in [-0.3, -0.25) is 0 Å². The van der Waals surface area contributed by atoms with Crippen molar-refractivity contribution in [1.29, 1.82) is 5.26 Å². The number of nitriles is 1. The first-order valence-electron chi connectivity index (χ1n) is 7.83. The lowest BCUT2D eigenvalue weighted by atomic mass is 10.0. The highest BCUT2D eigenvalue weighted by Gasteiger charge is 2.44. The molecule has 1 N–H and O–H groups in total. The van der Waals surface area contributed by atoms with Crippen LogP contribution in [0.4, 0.5) is 4.79 Å². The van der Waals surface area contributed by atoms with Gasteiger partial charge in [-0.05, 0) is 38.1 Å². The summed E-state index contributed by atoms with van der Waals surface area (Å²) in [6, 6.07) is 9.59. The molecule has 1 aromatic carbocycles. The lowest BCUT2D eigenvalue weighted by Crippen LogP contribution is -2.50. The van der Waals surface area contributed by atoms with Crippen LogP contribution >= 0.6 is 0 Å². The third-order valence-corrected chi connectivity index (χ3v) is 4.42. The molecule has 23 heavy (non-hydrogen) atoms. The van der Waals surface area contributed by atoms with Gasteiger partial charge in [-0.1, -0.05) is 11.8 Å². The highest BCUT2D eigenvalue weighted by Crippen LogP contribution is 2.25. The molecular formula is C18H20N4O. The third kappa shape index (κ3) is 3.02. The van der Waals surface area contributed by atoms with Crippen molar-refractivity contribution in [3.63, 3.8) is 0 Å². The second kappa shape index (κ2) is 5.95. The molecule has 118 valence electrons. The van der Waals surface area contributed by atoms with Crippen molar-refractivity contribution in [3.8, 4) is 17.9 Å². The standard InChI is InChI=1S/C18H20N4O/c1-18(2,8-7-14-3-5-15(11-19)6-4-14)22-13-16-12-20-9-10-21(16)17(22)23/h3-6,16,20H,9-10,12-13H2,1-2H3. The fourth-order valence-corrected chi connectivity index (χ4v) is 3.01. The number of amides is 2. The Bertz CT molecular complexity index is 705. The van der Waals surface area contributed by atoms with Gasteiger partial charge in [-0.15, -0.1) is 0 Å². The van der Waals surface area contributed by atoms with E-state index >= 15 is 0 Å². The quantitative estimate of drug-likeness (QED) is 0.798. The highest BCUT2D eigenvalue weighted by molar-refractivity contribution is 5.79. The van der Waals surface area contributed by atoms with Gasteiger partial charge in [0, 0.05) is 31.7 Å². The number of nitrogens with one attached hydrogen (secondary N) is 1. The lowest BCUT2D eigenvalue weighted by molar-refractivity contribution is 0.164. The van der Waals surface area contributed by atoms with Crippen molar-refractivity contribution in [3.05, 3.63) is 35.4 Å². The summed E-state index contributed by atoms with van der Waals surface area (Å²) in [5.41, 5.74) is 0.944. The average Bonchev–Trinajstić information content (AvgIpc) is 2.92. The van der Waals surface area contributed by atoms with E-state index in [1.54, 1.807) is 12.1 Å². The van der Waals surface area contributed by atoms with E-state index in [4.69, 9.17) is 5.26 Å². The van der Waals surface area contributed by atoms with Crippen LogP contribution in [-0.4, -0.2) is 53.6 Å².